The van der Waals surface area contributed by atoms with Crippen LogP contribution >= 0.6 is 0 Å². The van der Waals surface area contributed by atoms with E-state index in [4.69, 9.17) is 4.74 Å². The van der Waals surface area contributed by atoms with E-state index in [0.717, 1.165) is 45.3 Å². The lowest BCUT2D eigenvalue weighted by Gasteiger charge is -2.32. The highest BCUT2D eigenvalue weighted by Gasteiger charge is 2.26. The summed E-state index contributed by atoms with van der Waals surface area (Å²) in [6, 6.07) is 21.8. The second-order valence-corrected chi connectivity index (χ2v) is 8.01. The highest BCUT2D eigenvalue weighted by atomic mass is 16.5. The molecule has 1 aliphatic rings. The molecule has 1 atom stereocenters. The van der Waals surface area contributed by atoms with Gasteiger partial charge in [-0.25, -0.2) is 0 Å². The van der Waals surface area contributed by atoms with Gasteiger partial charge in [0, 0.05) is 12.7 Å². The van der Waals surface area contributed by atoms with Crippen molar-refractivity contribution in [1.82, 2.24) is 9.88 Å². The maximum absolute atomic E-state index is 13.0. The molecule has 4 rings (SSSR count). The van der Waals surface area contributed by atoms with Gasteiger partial charge in [-0.05, 0) is 68.6 Å². The van der Waals surface area contributed by atoms with Crippen LogP contribution in [0.15, 0.2) is 79.1 Å². The van der Waals surface area contributed by atoms with E-state index in [-0.39, 0.29) is 11.8 Å². The van der Waals surface area contributed by atoms with E-state index in [1.54, 1.807) is 12.4 Å². The number of para-hydroxylation sites is 2. The van der Waals surface area contributed by atoms with Gasteiger partial charge >= 0.3 is 0 Å². The SMILES string of the molecule is O=C(Nc1ccccc1Oc1cccnc1)C1CCCN(CCCc2ccccc2)C1. The monoisotopic (exact) mass is 415 g/mol. The zero-order valence-electron chi connectivity index (χ0n) is 17.7. The van der Waals surface area contributed by atoms with Gasteiger partial charge in [-0.3, -0.25) is 9.78 Å². The molecule has 0 spiro atoms. The molecule has 1 saturated heterocycles. The van der Waals surface area contributed by atoms with Gasteiger partial charge in [0.05, 0.1) is 17.8 Å². The number of nitrogens with one attached hydrogen (secondary N) is 1. The van der Waals surface area contributed by atoms with E-state index in [9.17, 15) is 4.79 Å². The third-order valence-corrected chi connectivity index (χ3v) is 5.67. The summed E-state index contributed by atoms with van der Waals surface area (Å²) in [6.07, 6.45) is 7.53. The lowest BCUT2D eigenvalue weighted by Crippen LogP contribution is -2.41. The molecule has 5 nitrogen and oxygen atoms in total. The van der Waals surface area contributed by atoms with Crippen molar-refractivity contribution in [3.8, 4) is 11.5 Å². The van der Waals surface area contributed by atoms with Crippen LogP contribution in [-0.4, -0.2) is 35.4 Å². The topological polar surface area (TPSA) is 54.5 Å². The summed E-state index contributed by atoms with van der Waals surface area (Å²) >= 11 is 0. The van der Waals surface area contributed by atoms with Crippen molar-refractivity contribution in [1.29, 1.82) is 0 Å². The van der Waals surface area contributed by atoms with Crippen molar-refractivity contribution >= 4 is 11.6 Å². The number of hydrogen-bond acceptors (Lipinski definition) is 4. The third kappa shape index (κ3) is 6.15. The van der Waals surface area contributed by atoms with Gasteiger partial charge in [0.15, 0.2) is 5.75 Å². The lowest BCUT2D eigenvalue weighted by molar-refractivity contribution is -0.121. The Kier molecular flexibility index (Phi) is 7.29. The number of carbonyl (C=O) groups excluding carboxylic acids is 1. The molecular weight excluding hydrogens is 386 g/mol. The van der Waals surface area contributed by atoms with Crippen LogP contribution in [0.3, 0.4) is 0 Å². The number of amides is 1. The lowest BCUT2D eigenvalue weighted by atomic mass is 9.96. The summed E-state index contributed by atoms with van der Waals surface area (Å²) in [5, 5.41) is 3.09. The Bertz CT molecular complexity index is 963. The molecule has 31 heavy (non-hydrogen) atoms. The van der Waals surface area contributed by atoms with Crippen LogP contribution in [0.5, 0.6) is 11.5 Å². The molecule has 0 saturated carbocycles. The molecule has 0 bridgehead atoms. The van der Waals surface area contributed by atoms with Crippen LogP contribution in [-0.2, 0) is 11.2 Å². The first kappa shape index (κ1) is 21.1. The molecule has 0 aliphatic carbocycles. The fourth-order valence-electron chi connectivity index (χ4n) is 4.05. The molecule has 1 N–H and O–H groups in total. The predicted octanol–water partition coefficient (Wildman–Crippen LogP) is 5.16. The average molecular weight is 416 g/mol. The summed E-state index contributed by atoms with van der Waals surface area (Å²) in [7, 11) is 0. The minimum absolute atomic E-state index is 0.00285. The van der Waals surface area contributed by atoms with Gasteiger partial charge < -0.3 is 15.0 Å². The van der Waals surface area contributed by atoms with Crippen molar-refractivity contribution in [3.63, 3.8) is 0 Å². The van der Waals surface area contributed by atoms with E-state index >= 15 is 0 Å². The Hall–Kier alpha value is -3.18. The zero-order valence-corrected chi connectivity index (χ0v) is 17.7. The van der Waals surface area contributed by atoms with Crippen LogP contribution in [0.25, 0.3) is 0 Å². The quantitative estimate of drug-likeness (QED) is 0.552. The molecule has 3 aromatic rings. The molecule has 1 aliphatic heterocycles. The Morgan fingerprint density at radius 3 is 2.74 bits per heavy atom. The fraction of sp³-hybridized carbons (Fsp3) is 0.308. The Morgan fingerprint density at radius 1 is 1.06 bits per heavy atom. The normalized spacial score (nSPS) is 16.6. The van der Waals surface area contributed by atoms with E-state index in [2.05, 4.69) is 45.5 Å². The average Bonchev–Trinajstić information content (AvgIpc) is 2.82. The van der Waals surface area contributed by atoms with E-state index in [0.29, 0.717) is 17.2 Å². The van der Waals surface area contributed by atoms with Crippen LogP contribution in [0, 0.1) is 5.92 Å². The number of aromatic nitrogens is 1. The minimum atomic E-state index is -0.00285. The highest BCUT2D eigenvalue weighted by molar-refractivity contribution is 5.94. The number of rotatable bonds is 8. The number of hydrogen-bond donors (Lipinski definition) is 1. The second kappa shape index (κ2) is 10.7. The van der Waals surface area contributed by atoms with E-state index in [1.807, 2.05) is 36.4 Å². The number of ether oxygens (including phenoxy) is 1. The number of likely N-dealkylation sites (tertiary alicyclic amines) is 1. The van der Waals surface area contributed by atoms with Crippen LogP contribution < -0.4 is 10.1 Å². The standard InChI is InChI=1S/C26H29N3O2/c30-26(28-24-14-4-5-15-25(24)31-23-13-6-16-27-19-23)22-12-8-18-29(20-22)17-7-11-21-9-2-1-3-10-21/h1-6,9-10,13-16,19,22H,7-8,11-12,17-18,20H2,(H,28,30). The van der Waals surface area contributed by atoms with Gasteiger partial charge in [-0.1, -0.05) is 42.5 Å². The summed E-state index contributed by atoms with van der Waals surface area (Å²) in [5.41, 5.74) is 2.07. The number of carbonyl (C=O) groups is 1. The van der Waals surface area contributed by atoms with Gasteiger partial charge in [0.1, 0.15) is 5.75 Å². The smallest absolute Gasteiger partial charge is 0.228 e. The Morgan fingerprint density at radius 2 is 1.90 bits per heavy atom. The number of piperidine rings is 1. The first-order valence-corrected chi connectivity index (χ1v) is 11.0. The summed E-state index contributed by atoms with van der Waals surface area (Å²) in [5.74, 6) is 1.33. The summed E-state index contributed by atoms with van der Waals surface area (Å²) in [4.78, 5) is 19.5. The van der Waals surface area contributed by atoms with Crippen LogP contribution in [0.1, 0.15) is 24.8 Å². The Balaban J connectivity index is 1.31. The van der Waals surface area contributed by atoms with Gasteiger partial charge in [-0.2, -0.15) is 0 Å². The molecule has 1 fully saturated rings. The molecule has 0 radical (unpaired) electrons. The van der Waals surface area contributed by atoms with E-state index in [1.165, 1.54) is 5.56 Å². The van der Waals surface area contributed by atoms with Crippen molar-refractivity contribution in [3.05, 3.63) is 84.7 Å². The number of nitrogens with zero attached hydrogens (tertiary/aromatic N) is 2. The minimum Gasteiger partial charge on any atom is -0.454 e. The van der Waals surface area contributed by atoms with Gasteiger partial charge in [0.2, 0.25) is 5.91 Å². The zero-order chi connectivity index (χ0) is 21.3. The van der Waals surface area contributed by atoms with Crippen LogP contribution in [0.2, 0.25) is 0 Å². The van der Waals surface area contributed by atoms with Crippen molar-refractivity contribution in [2.24, 2.45) is 5.92 Å². The maximum Gasteiger partial charge on any atom is 0.228 e. The van der Waals surface area contributed by atoms with Gasteiger partial charge in [0.25, 0.3) is 0 Å². The number of benzene rings is 2. The number of anilines is 1. The summed E-state index contributed by atoms with van der Waals surface area (Å²) in [6.45, 7) is 2.91. The molecule has 2 heterocycles. The van der Waals surface area contributed by atoms with E-state index < -0.39 is 0 Å². The number of pyridine rings is 1. The molecule has 1 unspecified atom stereocenters. The maximum atomic E-state index is 13.0. The van der Waals surface area contributed by atoms with Gasteiger partial charge in [-0.15, -0.1) is 0 Å². The van der Waals surface area contributed by atoms with Crippen LogP contribution in [0.4, 0.5) is 5.69 Å². The largest absolute Gasteiger partial charge is 0.454 e. The third-order valence-electron chi connectivity index (χ3n) is 5.67. The van der Waals surface area contributed by atoms with Crippen molar-refractivity contribution in [2.45, 2.75) is 25.7 Å². The highest BCUT2D eigenvalue weighted by Crippen LogP contribution is 2.30. The molecule has 5 heteroatoms. The first-order chi connectivity index (χ1) is 15.3. The predicted molar refractivity (Wildman–Crippen MR) is 123 cm³/mol. The van der Waals surface area contributed by atoms with Crippen molar-refractivity contribution < 1.29 is 9.53 Å². The number of aryl methyl sites for hydroxylation is 1. The summed E-state index contributed by atoms with van der Waals surface area (Å²) < 4.78 is 5.93. The molecular formula is C26H29N3O2. The first-order valence-electron chi connectivity index (χ1n) is 11.0. The van der Waals surface area contributed by atoms with Crippen molar-refractivity contribution in [2.75, 3.05) is 25.0 Å². The molecule has 1 amide bonds. The molecule has 160 valence electrons. The second-order valence-electron chi connectivity index (χ2n) is 8.01. The Labute approximate surface area is 184 Å². The molecule has 2 aromatic carbocycles. The fourth-order valence-corrected chi connectivity index (χ4v) is 4.05. The molecule has 1 aromatic heterocycles.